The van der Waals surface area contributed by atoms with Crippen molar-refractivity contribution in [2.75, 3.05) is 40.0 Å². The van der Waals surface area contributed by atoms with E-state index in [1.165, 1.54) is 77.5 Å². The molecule has 0 unspecified atom stereocenters. The zero-order valence-electron chi connectivity index (χ0n) is 13.8. The van der Waals surface area contributed by atoms with E-state index in [-0.39, 0.29) is 0 Å². The van der Waals surface area contributed by atoms with Gasteiger partial charge in [-0.15, -0.1) is 0 Å². The van der Waals surface area contributed by atoms with E-state index in [4.69, 9.17) is 4.74 Å². The fraction of sp³-hybridized carbons (Fsp3) is 1.00. The summed E-state index contributed by atoms with van der Waals surface area (Å²) in [6, 6.07) is 0. The Bertz CT molecular complexity index is 363. The molecule has 120 valence electrons. The van der Waals surface area contributed by atoms with Crippen molar-refractivity contribution in [3.8, 4) is 0 Å². The average Bonchev–Trinajstić information content (AvgIpc) is 2.77. The highest BCUT2D eigenvalue weighted by Gasteiger charge is 2.59. The van der Waals surface area contributed by atoms with Crippen molar-refractivity contribution >= 4 is 0 Å². The van der Waals surface area contributed by atoms with Crippen molar-refractivity contribution in [2.45, 2.75) is 63.3 Å². The molecule has 2 aliphatic carbocycles. The summed E-state index contributed by atoms with van der Waals surface area (Å²) in [5.41, 5.74) is 1.29. The van der Waals surface area contributed by atoms with Crippen LogP contribution in [0.5, 0.6) is 0 Å². The molecule has 0 aromatic rings. The average molecular weight is 292 g/mol. The number of hydrogen-bond donors (Lipinski definition) is 0. The van der Waals surface area contributed by atoms with Crippen LogP contribution in [0.1, 0.15) is 57.8 Å². The van der Waals surface area contributed by atoms with Gasteiger partial charge in [-0.2, -0.15) is 0 Å². The molecule has 0 bridgehead atoms. The molecule has 4 rings (SSSR count). The lowest BCUT2D eigenvalue weighted by Crippen LogP contribution is -2.62. The second-order valence-corrected chi connectivity index (χ2v) is 8.57. The van der Waals surface area contributed by atoms with Crippen molar-refractivity contribution in [3.05, 3.63) is 0 Å². The quantitative estimate of drug-likeness (QED) is 0.778. The summed E-state index contributed by atoms with van der Waals surface area (Å²) in [5.74, 6) is 0.880. The highest BCUT2D eigenvalue weighted by atomic mass is 16.5. The van der Waals surface area contributed by atoms with Gasteiger partial charge >= 0.3 is 0 Å². The van der Waals surface area contributed by atoms with Gasteiger partial charge in [0.2, 0.25) is 0 Å². The van der Waals surface area contributed by atoms with Crippen LogP contribution in [0.2, 0.25) is 0 Å². The van der Waals surface area contributed by atoms with E-state index in [1.807, 2.05) is 0 Å². The van der Waals surface area contributed by atoms with Crippen LogP contribution in [0.4, 0.5) is 0 Å². The number of ether oxygens (including phenoxy) is 1. The lowest BCUT2D eigenvalue weighted by atomic mass is 9.52. The number of hydrogen-bond acceptors (Lipinski definition) is 3. The van der Waals surface area contributed by atoms with Crippen molar-refractivity contribution in [1.29, 1.82) is 0 Å². The highest BCUT2D eigenvalue weighted by Crippen LogP contribution is 2.60. The summed E-state index contributed by atoms with van der Waals surface area (Å²) in [7, 11) is 2.32. The van der Waals surface area contributed by atoms with Crippen LogP contribution in [0.3, 0.4) is 0 Å². The molecular formula is C18H32N2O. The molecule has 0 aromatic carbocycles. The predicted octanol–water partition coefficient (Wildman–Crippen LogP) is 3.10. The van der Waals surface area contributed by atoms with E-state index in [2.05, 4.69) is 16.8 Å². The van der Waals surface area contributed by atoms with E-state index in [0.717, 1.165) is 24.5 Å². The summed E-state index contributed by atoms with van der Waals surface area (Å²) < 4.78 is 5.54. The van der Waals surface area contributed by atoms with E-state index in [1.54, 1.807) is 0 Å². The van der Waals surface area contributed by atoms with Gasteiger partial charge in [0.1, 0.15) is 0 Å². The largest absolute Gasteiger partial charge is 0.381 e. The molecule has 0 N–H and O–H groups in total. The lowest BCUT2D eigenvalue weighted by Gasteiger charge is -2.60. The van der Waals surface area contributed by atoms with Gasteiger partial charge < -0.3 is 4.74 Å². The Hall–Kier alpha value is -0.120. The molecule has 2 heterocycles. The first-order chi connectivity index (χ1) is 10.2. The van der Waals surface area contributed by atoms with Gasteiger partial charge in [-0.05, 0) is 56.9 Å². The summed E-state index contributed by atoms with van der Waals surface area (Å²) in [6.45, 7) is 5.83. The third-order valence-corrected chi connectivity index (χ3v) is 6.79. The molecule has 2 saturated carbocycles. The van der Waals surface area contributed by atoms with Gasteiger partial charge in [0.15, 0.2) is 0 Å². The molecule has 3 heteroatoms. The SMILES string of the molecule is CN1CN(CC2CCOCC2)C2(C1)CC1(CCCCC1)C2. The number of rotatable bonds is 2. The smallest absolute Gasteiger partial charge is 0.0509 e. The fourth-order valence-electron chi connectivity index (χ4n) is 5.92. The standard InChI is InChI=1S/C18H32N2O/c1-19-14-18(12-17(13-18)7-3-2-4-8-17)20(15-19)11-16-5-9-21-10-6-16/h16H,2-15H2,1H3. The molecule has 2 spiro atoms. The maximum Gasteiger partial charge on any atom is 0.0509 e. The van der Waals surface area contributed by atoms with Crippen LogP contribution in [0.25, 0.3) is 0 Å². The van der Waals surface area contributed by atoms with Gasteiger partial charge in [0, 0.05) is 31.8 Å². The molecule has 2 saturated heterocycles. The molecule has 0 atom stereocenters. The van der Waals surface area contributed by atoms with Crippen LogP contribution in [-0.4, -0.2) is 55.4 Å². The van der Waals surface area contributed by atoms with Crippen molar-refractivity contribution < 1.29 is 4.74 Å². The van der Waals surface area contributed by atoms with E-state index in [9.17, 15) is 0 Å². The normalized spacial score (nSPS) is 33.6. The van der Waals surface area contributed by atoms with Gasteiger partial charge in [-0.3, -0.25) is 9.80 Å². The minimum atomic E-state index is 0.546. The van der Waals surface area contributed by atoms with Crippen LogP contribution < -0.4 is 0 Å². The Labute approximate surface area is 130 Å². The molecule has 2 aliphatic heterocycles. The summed E-state index contributed by atoms with van der Waals surface area (Å²) >= 11 is 0. The Kier molecular flexibility index (Phi) is 3.79. The molecule has 4 aliphatic rings. The first-order valence-corrected chi connectivity index (χ1v) is 9.21. The molecular weight excluding hydrogens is 260 g/mol. The lowest BCUT2D eigenvalue weighted by molar-refractivity contribution is -0.0846. The zero-order valence-corrected chi connectivity index (χ0v) is 13.8. The summed E-state index contributed by atoms with van der Waals surface area (Å²) in [4.78, 5) is 5.43. The van der Waals surface area contributed by atoms with Gasteiger partial charge in [-0.1, -0.05) is 19.3 Å². The third kappa shape index (κ3) is 2.66. The zero-order chi connectivity index (χ0) is 14.3. The van der Waals surface area contributed by atoms with Crippen molar-refractivity contribution in [2.24, 2.45) is 11.3 Å². The van der Waals surface area contributed by atoms with E-state index in [0.29, 0.717) is 5.54 Å². The van der Waals surface area contributed by atoms with Crippen LogP contribution in [0, 0.1) is 11.3 Å². The van der Waals surface area contributed by atoms with E-state index >= 15 is 0 Å². The molecule has 3 nitrogen and oxygen atoms in total. The van der Waals surface area contributed by atoms with Crippen LogP contribution in [-0.2, 0) is 4.74 Å². The Morgan fingerprint density at radius 3 is 2.48 bits per heavy atom. The monoisotopic (exact) mass is 292 g/mol. The molecule has 0 amide bonds. The van der Waals surface area contributed by atoms with Crippen molar-refractivity contribution in [1.82, 2.24) is 9.80 Å². The first kappa shape index (κ1) is 14.5. The second-order valence-electron chi connectivity index (χ2n) is 8.57. The minimum absolute atomic E-state index is 0.546. The molecule has 0 radical (unpaired) electrons. The second kappa shape index (κ2) is 5.50. The first-order valence-electron chi connectivity index (χ1n) is 9.21. The van der Waals surface area contributed by atoms with Gasteiger partial charge in [0.05, 0.1) is 6.67 Å². The number of likely N-dealkylation sites (N-methyl/N-ethyl adjacent to an activating group) is 1. The number of nitrogens with zero attached hydrogens (tertiary/aromatic N) is 2. The maximum absolute atomic E-state index is 5.54. The molecule has 4 fully saturated rings. The topological polar surface area (TPSA) is 15.7 Å². The predicted molar refractivity (Wildman–Crippen MR) is 85.2 cm³/mol. The Balaban J connectivity index is 1.41. The summed E-state index contributed by atoms with van der Waals surface area (Å²) in [5, 5.41) is 0. The Morgan fingerprint density at radius 1 is 1.05 bits per heavy atom. The molecule has 21 heavy (non-hydrogen) atoms. The fourth-order valence-corrected chi connectivity index (χ4v) is 5.92. The van der Waals surface area contributed by atoms with E-state index < -0.39 is 0 Å². The molecule has 0 aromatic heterocycles. The van der Waals surface area contributed by atoms with Gasteiger partial charge in [0.25, 0.3) is 0 Å². The van der Waals surface area contributed by atoms with Crippen molar-refractivity contribution in [3.63, 3.8) is 0 Å². The van der Waals surface area contributed by atoms with Crippen LogP contribution >= 0.6 is 0 Å². The van der Waals surface area contributed by atoms with Gasteiger partial charge in [-0.25, -0.2) is 0 Å². The maximum atomic E-state index is 5.54. The highest BCUT2D eigenvalue weighted by molar-refractivity contribution is 5.14. The van der Waals surface area contributed by atoms with Crippen LogP contribution in [0.15, 0.2) is 0 Å². The summed E-state index contributed by atoms with van der Waals surface area (Å²) in [6.07, 6.45) is 13.1. The Morgan fingerprint density at radius 2 is 1.76 bits per heavy atom. The minimum Gasteiger partial charge on any atom is -0.381 e. The third-order valence-electron chi connectivity index (χ3n) is 6.79.